The van der Waals surface area contributed by atoms with Gasteiger partial charge in [-0.25, -0.2) is 8.42 Å². The minimum Gasteiger partial charge on any atom is -0.392 e. The van der Waals surface area contributed by atoms with E-state index in [9.17, 15) is 13.2 Å². The molecule has 29 heavy (non-hydrogen) atoms. The van der Waals surface area contributed by atoms with Gasteiger partial charge in [0.1, 0.15) is 0 Å². The zero-order valence-electron chi connectivity index (χ0n) is 16.3. The lowest BCUT2D eigenvalue weighted by Crippen LogP contribution is -2.31. The number of hydrogen-bond donors (Lipinski definition) is 2. The number of sulfonamides is 1. The molecule has 0 aliphatic carbocycles. The first-order valence-electron chi connectivity index (χ1n) is 9.78. The highest BCUT2D eigenvalue weighted by atomic mass is 32.2. The Morgan fingerprint density at radius 3 is 2.38 bits per heavy atom. The van der Waals surface area contributed by atoms with Gasteiger partial charge in [0.25, 0.3) is 0 Å². The maximum Gasteiger partial charge on any atom is 0.248 e. The van der Waals surface area contributed by atoms with Crippen molar-refractivity contribution in [3.63, 3.8) is 0 Å². The van der Waals surface area contributed by atoms with Gasteiger partial charge in [-0.15, -0.1) is 0 Å². The second-order valence-corrected chi connectivity index (χ2v) is 9.01. The predicted molar refractivity (Wildman–Crippen MR) is 114 cm³/mol. The lowest BCUT2D eigenvalue weighted by atomic mass is 10.2. The molecule has 1 aliphatic heterocycles. The Kier molecular flexibility index (Phi) is 7.19. The molecule has 1 heterocycles. The van der Waals surface area contributed by atoms with Crippen LogP contribution in [0.2, 0.25) is 0 Å². The van der Waals surface area contributed by atoms with E-state index in [0.717, 1.165) is 31.2 Å². The Balaban J connectivity index is 1.64. The minimum atomic E-state index is -3.47. The molecule has 2 aromatic carbocycles. The number of aliphatic hydroxyl groups is 1. The summed E-state index contributed by atoms with van der Waals surface area (Å²) in [6, 6.07) is 13.5. The molecule has 0 aromatic heterocycles. The third-order valence-corrected chi connectivity index (χ3v) is 6.80. The van der Waals surface area contributed by atoms with Crippen molar-refractivity contribution in [1.29, 1.82) is 0 Å². The summed E-state index contributed by atoms with van der Waals surface area (Å²) in [6.07, 6.45) is 6.97. The second-order valence-electron chi connectivity index (χ2n) is 7.07. The SMILES string of the molecule is O=C(/C=C/c1ccc(S(=O)(=O)N2CCCCCC2)cc1)Nc1cccc(CO)c1. The summed E-state index contributed by atoms with van der Waals surface area (Å²) in [7, 11) is -3.47. The molecule has 0 bridgehead atoms. The van der Waals surface area contributed by atoms with Crippen molar-refractivity contribution in [2.24, 2.45) is 0 Å². The Bertz CT molecular complexity index is 961. The molecule has 7 heteroatoms. The Hall–Kier alpha value is -2.48. The van der Waals surface area contributed by atoms with Crippen LogP contribution >= 0.6 is 0 Å². The molecule has 0 unspecified atom stereocenters. The fourth-order valence-electron chi connectivity index (χ4n) is 3.29. The van der Waals surface area contributed by atoms with E-state index < -0.39 is 10.0 Å². The van der Waals surface area contributed by atoms with Gasteiger partial charge in [-0.05, 0) is 54.3 Å². The normalized spacial score (nSPS) is 15.9. The van der Waals surface area contributed by atoms with Gasteiger partial charge in [-0.3, -0.25) is 4.79 Å². The van der Waals surface area contributed by atoms with Crippen LogP contribution in [0, 0.1) is 0 Å². The van der Waals surface area contributed by atoms with Gasteiger partial charge in [0.05, 0.1) is 11.5 Å². The van der Waals surface area contributed by atoms with Crippen LogP contribution in [0.4, 0.5) is 5.69 Å². The van der Waals surface area contributed by atoms with Gasteiger partial charge >= 0.3 is 0 Å². The fourth-order valence-corrected chi connectivity index (χ4v) is 4.80. The molecule has 1 amide bonds. The van der Waals surface area contributed by atoms with Gasteiger partial charge in [-0.1, -0.05) is 37.1 Å². The van der Waals surface area contributed by atoms with Crippen molar-refractivity contribution in [2.75, 3.05) is 18.4 Å². The number of nitrogens with one attached hydrogen (secondary N) is 1. The van der Waals surface area contributed by atoms with E-state index >= 15 is 0 Å². The van der Waals surface area contributed by atoms with E-state index in [1.54, 1.807) is 58.9 Å². The fraction of sp³-hybridized carbons (Fsp3) is 0.318. The number of rotatable bonds is 6. The van der Waals surface area contributed by atoms with E-state index in [4.69, 9.17) is 5.11 Å². The van der Waals surface area contributed by atoms with E-state index in [1.165, 1.54) is 6.08 Å². The Labute approximate surface area is 171 Å². The summed E-state index contributed by atoms with van der Waals surface area (Å²) in [5, 5.41) is 11.9. The molecule has 1 aliphatic rings. The molecule has 1 fully saturated rings. The Morgan fingerprint density at radius 2 is 1.72 bits per heavy atom. The monoisotopic (exact) mass is 414 g/mol. The van der Waals surface area contributed by atoms with Crippen LogP contribution in [0.25, 0.3) is 6.08 Å². The summed E-state index contributed by atoms with van der Waals surface area (Å²) in [4.78, 5) is 12.4. The summed E-state index contributed by atoms with van der Waals surface area (Å²) in [5.41, 5.74) is 2.05. The van der Waals surface area contributed by atoms with Crippen molar-refractivity contribution >= 4 is 27.7 Å². The van der Waals surface area contributed by atoms with Crippen LogP contribution < -0.4 is 5.32 Å². The van der Waals surface area contributed by atoms with E-state index in [-0.39, 0.29) is 17.4 Å². The standard InChI is InChI=1S/C22H26N2O4S/c25-17-19-6-5-7-20(16-19)23-22(26)13-10-18-8-11-21(12-9-18)29(27,28)24-14-3-1-2-4-15-24/h5-13,16,25H,1-4,14-15,17H2,(H,23,26)/b13-10+. The van der Waals surface area contributed by atoms with Crippen molar-refractivity contribution in [3.8, 4) is 0 Å². The number of nitrogens with zero attached hydrogens (tertiary/aromatic N) is 1. The van der Waals surface area contributed by atoms with Crippen LogP contribution in [-0.4, -0.2) is 36.8 Å². The van der Waals surface area contributed by atoms with Crippen LogP contribution in [0.1, 0.15) is 36.8 Å². The molecule has 2 N–H and O–H groups in total. The maximum atomic E-state index is 12.8. The topological polar surface area (TPSA) is 86.7 Å². The molecule has 0 atom stereocenters. The molecule has 6 nitrogen and oxygen atoms in total. The van der Waals surface area contributed by atoms with Crippen molar-refractivity contribution < 1.29 is 18.3 Å². The largest absolute Gasteiger partial charge is 0.392 e. The second kappa shape index (κ2) is 9.82. The highest BCUT2D eigenvalue weighted by Gasteiger charge is 2.24. The molecule has 2 aromatic rings. The van der Waals surface area contributed by atoms with E-state index in [2.05, 4.69) is 5.32 Å². The molecule has 1 saturated heterocycles. The third-order valence-electron chi connectivity index (χ3n) is 4.89. The maximum absolute atomic E-state index is 12.8. The highest BCUT2D eigenvalue weighted by Crippen LogP contribution is 2.21. The lowest BCUT2D eigenvalue weighted by Gasteiger charge is -2.19. The van der Waals surface area contributed by atoms with Crippen molar-refractivity contribution in [2.45, 2.75) is 37.2 Å². The number of amides is 1. The quantitative estimate of drug-likeness (QED) is 0.710. The predicted octanol–water partition coefficient (Wildman–Crippen LogP) is 3.40. The number of carbonyl (C=O) groups is 1. The highest BCUT2D eigenvalue weighted by molar-refractivity contribution is 7.89. The average molecular weight is 415 g/mol. The van der Waals surface area contributed by atoms with E-state index in [1.807, 2.05) is 0 Å². The molecule has 154 valence electrons. The minimum absolute atomic E-state index is 0.0910. The zero-order valence-corrected chi connectivity index (χ0v) is 17.1. The van der Waals surface area contributed by atoms with Gasteiger partial charge < -0.3 is 10.4 Å². The molecular weight excluding hydrogens is 388 g/mol. The third kappa shape index (κ3) is 5.76. The lowest BCUT2D eigenvalue weighted by molar-refractivity contribution is -0.111. The summed E-state index contributed by atoms with van der Waals surface area (Å²) >= 11 is 0. The van der Waals surface area contributed by atoms with Gasteiger partial charge in [-0.2, -0.15) is 4.31 Å². The first-order chi connectivity index (χ1) is 14.0. The van der Waals surface area contributed by atoms with Crippen molar-refractivity contribution in [3.05, 3.63) is 65.7 Å². The van der Waals surface area contributed by atoms with Crippen LogP contribution in [0.5, 0.6) is 0 Å². The number of anilines is 1. The number of benzene rings is 2. The Morgan fingerprint density at radius 1 is 1.03 bits per heavy atom. The average Bonchev–Trinajstić information content (AvgIpc) is 3.03. The summed E-state index contributed by atoms with van der Waals surface area (Å²) < 4.78 is 27.2. The number of aliphatic hydroxyl groups excluding tert-OH is 1. The molecular formula is C22H26N2O4S. The number of carbonyl (C=O) groups excluding carboxylic acids is 1. The van der Waals surface area contributed by atoms with Gasteiger partial charge in [0.15, 0.2) is 0 Å². The summed E-state index contributed by atoms with van der Waals surface area (Å²) in [6.45, 7) is 1.05. The molecule has 3 rings (SSSR count). The first-order valence-corrected chi connectivity index (χ1v) is 11.2. The first kappa shape index (κ1) is 21.2. The van der Waals surface area contributed by atoms with Crippen LogP contribution in [0.15, 0.2) is 59.5 Å². The summed E-state index contributed by atoms with van der Waals surface area (Å²) in [5.74, 6) is -0.304. The molecule has 0 spiro atoms. The van der Waals surface area contributed by atoms with Crippen LogP contribution in [-0.2, 0) is 21.4 Å². The smallest absolute Gasteiger partial charge is 0.248 e. The van der Waals surface area contributed by atoms with E-state index in [0.29, 0.717) is 24.3 Å². The molecule has 0 radical (unpaired) electrons. The van der Waals surface area contributed by atoms with Crippen molar-refractivity contribution in [1.82, 2.24) is 4.31 Å². The molecule has 0 saturated carbocycles. The zero-order chi connectivity index (χ0) is 20.7. The van der Waals surface area contributed by atoms with Gasteiger partial charge in [0, 0.05) is 24.9 Å². The number of hydrogen-bond acceptors (Lipinski definition) is 4. The van der Waals surface area contributed by atoms with Crippen LogP contribution in [0.3, 0.4) is 0 Å². The van der Waals surface area contributed by atoms with Gasteiger partial charge in [0.2, 0.25) is 15.9 Å².